The van der Waals surface area contributed by atoms with Crippen molar-refractivity contribution in [1.29, 1.82) is 0 Å². The van der Waals surface area contributed by atoms with Crippen LogP contribution < -0.4 is 14.8 Å². The van der Waals surface area contributed by atoms with E-state index in [4.69, 9.17) is 23.7 Å². The van der Waals surface area contributed by atoms with E-state index >= 15 is 0 Å². The molecule has 0 unspecified atom stereocenters. The molecule has 0 spiro atoms. The second kappa shape index (κ2) is 15.4. The zero-order valence-electron chi connectivity index (χ0n) is 21.2. The van der Waals surface area contributed by atoms with Crippen molar-refractivity contribution in [3.63, 3.8) is 0 Å². The number of amides is 1. The first kappa shape index (κ1) is 28.6. The third-order valence-corrected chi connectivity index (χ3v) is 5.16. The molecule has 0 saturated carbocycles. The molecule has 0 saturated heterocycles. The molecule has 196 valence electrons. The highest BCUT2D eigenvalue weighted by molar-refractivity contribution is 5.97. The number of hydrogen-bond acceptors (Lipinski definition) is 9. The average molecular weight is 503 g/mol. The fraction of sp³-hybridized carbons (Fsp3) is 0.462. The van der Waals surface area contributed by atoms with Gasteiger partial charge in [0.1, 0.15) is 12.6 Å². The average Bonchev–Trinajstić information content (AvgIpc) is 2.87. The van der Waals surface area contributed by atoms with E-state index in [9.17, 15) is 14.4 Å². The highest BCUT2D eigenvalue weighted by Gasteiger charge is 2.24. The molecule has 0 aliphatic carbocycles. The van der Waals surface area contributed by atoms with Crippen molar-refractivity contribution in [3.05, 3.63) is 53.9 Å². The summed E-state index contributed by atoms with van der Waals surface area (Å²) in [5.41, 5.74) is 0.987. The number of rotatable bonds is 15. The minimum absolute atomic E-state index is 0.0171. The first-order chi connectivity index (χ1) is 17.3. The van der Waals surface area contributed by atoms with E-state index in [1.165, 1.54) is 26.3 Å². The topological polar surface area (TPSA) is 122 Å². The number of ether oxygens (including phenoxy) is 5. The molecule has 0 fully saturated rings. The molecule has 0 radical (unpaired) electrons. The SMILES string of the molecule is CCCOC[C@@H](Cc1ccccc1)[C@H](C)OC(=O)CNC(=O)c1nccc(OC)c1OCOC(C)=O. The molecule has 2 rings (SSSR count). The number of benzene rings is 1. The van der Waals surface area contributed by atoms with E-state index in [0.717, 1.165) is 12.0 Å². The number of pyridine rings is 1. The van der Waals surface area contributed by atoms with Gasteiger partial charge in [-0.15, -0.1) is 0 Å². The molecule has 1 N–H and O–H groups in total. The second-order valence-electron chi connectivity index (χ2n) is 7.99. The smallest absolute Gasteiger partial charge is 0.325 e. The van der Waals surface area contributed by atoms with E-state index in [1.807, 2.05) is 44.2 Å². The van der Waals surface area contributed by atoms with Crippen LogP contribution in [0.3, 0.4) is 0 Å². The van der Waals surface area contributed by atoms with Gasteiger partial charge in [-0.25, -0.2) is 4.98 Å². The van der Waals surface area contributed by atoms with Crippen LogP contribution >= 0.6 is 0 Å². The number of nitrogens with zero attached hydrogens (tertiary/aromatic N) is 1. The van der Waals surface area contributed by atoms with Crippen molar-refractivity contribution in [1.82, 2.24) is 10.3 Å². The minimum atomic E-state index is -0.677. The molecule has 0 bridgehead atoms. The van der Waals surface area contributed by atoms with Gasteiger partial charge in [-0.1, -0.05) is 37.3 Å². The van der Waals surface area contributed by atoms with Gasteiger partial charge in [0.2, 0.25) is 6.79 Å². The van der Waals surface area contributed by atoms with Crippen molar-refractivity contribution < 1.29 is 38.1 Å². The summed E-state index contributed by atoms with van der Waals surface area (Å²) in [5, 5.41) is 2.49. The van der Waals surface area contributed by atoms with Crippen molar-refractivity contribution in [2.45, 2.75) is 39.7 Å². The molecule has 1 aromatic heterocycles. The summed E-state index contributed by atoms with van der Waals surface area (Å²) in [4.78, 5) is 40.3. The van der Waals surface area contributed by atoms with Crippen LogP contribution in [0.2, 0.25) is 0 Å². The number of aromatic nitrogens is 1. The Morgan fingerprint density at radius 1 is 1.11 bits per heavy atom. The largest absolute Gasteiger partial charge is 0.493 e. The van der Waals surface area contributed by atoms with Crippen LogP contribution in [0.25, 0.3) is 0 Å². The third kappa shape index (κ3) is 9.53. The maximum absolute atomic E-state index is 12.7. The zero-order valence-corrected chi connectivity index (χ0v) is 21.2. The minimum Gasteiger partial charge on any atom is -0.493 e. The number of nitrogens with one attached hydrogen (secondary N) is 1. The first-order valence-electron chi connectivity index (χ1n) is 11.7. The Kier molecular flexibility index (Phi) is 12.2. The van der Waals surface area contributed by atoms with Crippen molar-refractivity contribution >= 4 is 17.8 Å². The van der Waals surface area contributed by atoms with Crippen LogP contribution in [-0.4, -0.2) is 62.6 Å². The molecule has 36 heavy (non-hydrogen) atoms. The summed E-state index contributed by atoms with van der Waals surface area (Å²) in [5.74, 6) is -1.68. The maximum Gasteiger partial charge on any atom is 0.325 e. The molecule has 2 aromatic rings. The number of carbonyl (C=O) groups excluding carboxylic acids is 3. The molecular formula is C26H34N2O8. The van der Waals surface area contributed by atoms with Crippen molar-refractivity contribution in [2.75, 3.05) is 33.7 Å². The monoisotopic (exact) mass is 502 g/mol. The van der Waals surface area contributed by atoms with Gasteiger partial charge in [-0.05, 0) is 25.3 Å². The van der Waals surface area contributed by atoms with E-state index in [2.05, 4.69) is 10.3 Å². The number of esters is 2. The Hall–Kier alpha value is -3.66. The Morgan fingerprint density at radius 3 is 2.53 bits per heavy atom. The normalized spacial score (nSPS) is 12.2. The highest BCUT2D eigenvalue weighted by Crippen LogP contribution is 2.29. The van der Waals surface area contributed by atoms with Gasteiger partial charge >= 0.3 is 11.9 Å². The van der Waals surface area contributed by atoms with Crippen LogP contribution in [0, 0.1) is 5.92 Å². The Labute approximate surface area is 211 Å². The van der Waals surface area contributed by atoms with Gasteiger partial charge in [0, 0.05) is 31.7 Å². The Morgan fingerprint density at radius 2 is 1.86 bits per heavy atom. The summed E-state index contributed by atoms with van der Waals surface area (Å²) in [6.07, 6.45) is 2.49. The molecule has 1 amide bonds. The van der Waals surface area contributed by atoms with Crippen LogP contribution in [0.15, 0.2) is 42.6 Å². The molecule has 10 heteroatoms. The maximum atomic E-state index is 12.7. The van der Waals surface area contributed by atoms with Gasteiger partial charge in [0.05, 0.1) is 13.7 Å². The molecule has 0 aliphatic rings. The van der Waals surface area contributed by atoms with Crippen LogP contribution in [0.4, 0.5) is 0 Å². The summed E-state index contributed by atoms with van der Waals surface area (Å²) >= 11 is 0. The van der Waals surface area contributed by atoms with E-state index in [1.54, 1.807) is 0 Å². The van der Waals surface area contributed by atoms with Gasteiger partial charge in [0.25, 0.3) is 5.91 Å². The summed E-state index contributed by atoms with van der Waals surface area (Å²) in [7, 11) is 1.39. The number of hydrogen-bond donors (Lipinski definition) is 1. The fourth-order valence-electron chi connectivity index (χ4n) is 3.30. The van der Waals surface area contributed by atoms with Gasteiger partial charge in [0.15, 0.2) is 17.2 Å². The zero-order chi connectivity index (χ0) is 26.3. The van der Waals surface area contributed by atoms with Gasteiger partial charge in [-0.3, -0.25) is 14.4 Å². The molecule has 1 aromatic carbocycles. The number of carbonyl (C=O) groups is 3. The molecule has 0 aliphatic heterocycles. The predicted octanol–water partition coefficient (Wildman–Crippen LogP) is 2.94. The van der Waals surface area contributed by atoms with Gasteiger partial charge < -0.3 is 29.0 Å². The quantitative estimate of drug-likeness (QED) is 0.222. The predicted molar refractivity (Wildman–Crippen MR) is 131 cm³/mol. The lowest BCUT2D eigenvalue weighted by molar-refractivity contribution is -0.151. The van der Waals surface area contributed by atoms with Crippen LogP contribution in [-0.2, 0) is 30.2 Å². The molecular weight excluding hydrogens is 468 g/mol. The fourth-order valence-corrected chi connectivity index (χ4v) is 3.30. The Balaban J connectivity index is 1.98. The standard InChI is InChI=1S/C26H34N2O8/c1-5-13-33-16-21(14-20-9-7-6-8-10-20)18(2)36-23(30)15-28-26(31)24-25(35-17-34-19(3)29)22(32-4)11-12-27-24/h6-12,18,21H,5,13-17H2,1-4H3,(H,28,31)/t18-,21+/m0/s1. The van der Waals surface area contributed by atoms with Crippen LogP contribution in [0.5, 0.6) is 11.5 Å². The molecule has 10 nitrogen and oxygen atoms in total. The summed E-state index contributed by atoms with van der Waals surface area (Å²) in [6.45, 7) is 5.33. The lowest BCUT2D eigenvalue weighted by Gasteiger charge is -2.24. The third-order valence-electron chi connectivity index (χ3n) is 5.16. The van der Waals surface area contributed by atoms with E-state index < -0.39 is 30.7 Å². The lowest BCUT2D eigenvalue weighted by atomic mass is 9.95. The lowest BCUT2D eigenvalue weighted by Crippen LogP contribution is -2.36. The molecule has 2 atom stereocenters. The van der Waals surface area contributed by atoms with Crippen molar-refractivity contribution in [3.8, 4) is 11.5 Å². The second-order valence-corrected chi connectivity index (χ2v) is 7.99. The molecule has 1 heterocycles. The van der Waals surface area contributed by atoms with E-state index in [-0.39, 0.29) is 29.7 Å². The van der Waals surface area contributed by atoms with Crippen molar-refractivity contribution in [2.24, 2.45) is 5.92 Å². The van der Waals surface area contributed by atoms with Crippen LogP contribution in [0.1, 0.15) is 43.2 Å². The highest BCUT2D eigenvalue weighted by atomic mass is 16.7. The number of methoxy groups -OCH3 is 1. The Bertz CT molecular complexity index is 983. The van der Waals surface area contributed by atoms with E-state index in [0.29, 0.717) is 19.6 Å². The summed E-state index contributed by atoms with van der Waals surface area (Å²) in [6, 6.07) is 11.4. The van der Waals surface area contributed by atoms with Gasteiger partial charge in [-0.2, -0.15) is 0 Å². The first-order valence-corrected chi connectivity index (χ1v) is 11.7. The summed E-state index contributed by atoms with van der Waals surface area (Å²) < 4.78 is 26.7.